The van der Waals surface area contributed by atoms with E-state index >= 15 is 0 Å². The van der Waals surface area contributed by atoms with Crippen LogP contribution in [0.5, 0.6) is 0 Å². The van der Waals surface area contributed by atoms with Crippen LogP contribution < -0.4 is 5.32 Å². The summed E-state index contributed by atoms with van der Waals surface area (Å²) in [6.45, 7) is 8.55. The topological polar surface area (TPSA) is 60.4 Å². The first-order valence-corrected chi connectivity index (χ1v) is 10.8. The van der Waals surface area contributed by atoms with Crippen molar-refractivity contribution >= 4 is 35.8 Å². The van der Waals surface area contributed by atoms with Gasteiger partial charge in [-0.05, 0) is 31.6 Å². The Bertz CT molecular complexity index is 485. The molecule has 2 heterocycles. The van der Waals surface area contributed by atoms with E-state index in [-0.39, 0.29) is 24.0 Å². The maximum atomic E-state index is 12.6. The Morgan fingerprint density at radius 2 is 1.68 bits per heavy atom. The molecule has 3 aliphatic rings. The minimum absolute atomic E-state index is 0. The van der Waals surface area contributed by atoms with Crippen molar-refractivity contribution in [2.75, 3.05) is 72.6 Å². The summed E-state index contributed by atoms with van der Waals surface area (Å²) in [5.74, 6) is 2.07. The molecule has 2 aliphatic heterocycles. The van der Waals surface area contributed by atoms with E-state index in [0.29, 0.717) is 12.5 Å². The van der Waals surface area contributed by atoms with E-state index in [9.17, 15) is 4.79 Å². The predicted molar refractivity (Wildman–Crippen MR) is 123 cm³/mol. The first kappa shape index (κ1) is 23.7. The maximum Gasteiger partial charge on any atom is 0.236 e. The van der Waals surface area contributed by atoms with Gasteiger partial charge in [0.05, 0.1) is 13.2 Å². The SMILES string of the molecule is CN=C(NCCOCC1CC1)N1CCN(CC(=O)N2CCCCCC2)CC1.I. The number of piperazine rings is 1. The van der Waals surface area contributed by atoms with Crippen LogP contribution in [0.3, 0.4) is 0 Å². The van der Waals surface area contributed by atoms with Crippen molar-refractivity contribution in [1.29, 1.82) is 0 Å². The summed E-state index contributed by atoms with van der Waals surface area (Å²) in [4.78, 5) is 23.6. The molecule has 7 nitrogen and oxygen atoms in total. The standard InChI is InChI=1S/C20H37N5O2.HI/c1-21-20(22-8-15-27-17-18-6-7-18)25-13-11-23(12-14-25)16-19(26)24-9-4-2-3-5-10-24;/h18H,2-17H2,1H3,(H,21,22);1H. The number of nitrogens with zero attached hydrogens (tertiary/aromatic N) is 4. The van der Waals surface area contributed by atoms with Crippen LogP contribution >= 0.6 is 24.0 Å². The lowest BCUT2D eigenvalue weighted by molar-refractivity contribution is -0.132. The Morgan fingerprint density at radius 1 is 1.00 bits per heavy atom. The van der Waals surface area contributed by atoms with E-state index < -0.39 is 0 Å². The van der Waals surface area contributed by atoms with Crippen molar-refractivity contribution in [3.63, 3.8) is 0 Å². The number of hydrogen-bond acceptors (Lipinski definition) is 4. The highest BCUT2D eigenvalue weighted by atomic mass is 127. The van der Waals surface area contributed by atoms with Crippen LogP contribution in [-0.4, -0.2) is 99.2 Å². The second-order valence-corrected chi connectivity index (χ2v) is 8.05. The van der Waals surface area contributed by atoms with Gasteiger partial charge >= 0.3 is 0 Å². The quantitative estimate of drug-likeness (QED) is 0.246. The lowest BCUT2D eigenvalue weighted by Gasteiger charge is -2.37. The summed E-state index contributed by atoms with van der Waals surface area (Å²) < 4.78 is 5.68. The van der Waals surface area contributed by atoms with Crippen LogP contribution in [0.2, 0.25) is 0 Å². The number of aliphatic imine (C=N–C) groups is 1. The molecule has 1 N–H and O–H groups in total. The monoisotopic (exact) mass is 507 g/mol. The van der Waals surface area contributed by atoms with Crippen LogP contribution in [0, 0.1) is 5.92 Å². The molecule has 0 unspecified atom stereocenters. The molecule has 3 rings (SSSR count). The number of carbonyl (C=O) groups excluding carboxylic acids is 1. The van der Waals surface area contributed by atoms with Crippen LogP contribution in [-0.2, 0) is 9.53 Å². The molecule has 2 saturated heterocycles. The normalized spacial score (nSPS) is 21.8. The van der Waals surface area contributed by atoms with E-state index in [0.717, 1.165) is 83.7 Å². The van der Waals surface area contributed by atoms with Gasteiger partial charge in [-0.2, -0.15) is 0 Å². The van der Waals surface area contributed by atoms with Gasteiger partial charge in [0.2, 0.25) is 5.91 Å². The molecule has 0 aromatic carbocycles. The van der Waals surface area contributed by atoms with Gasteiger partial charge in [0.15, 0.2) is 5.96 Å². The van der Waals surface area contributed by atoms with Gasteiger partial charge in [-0.3, -0.25) is 14.7 Å². The molecule has 0 bridgehead atoms. The highest BCUT2D eigenvalue weighted by Gasteiger charge is 2.24. The zero-order valence-corrected chi connectivity index (χ0v) is 19.7. The molecule has 1 amide bonds. The van der Waals surface area contributed by atoms with Gasteiger partial charge in [0, 0.05) is 59.5 Å². The fourth-order valence-corrected chi connectivity index (χ4v) is 3.83. The molecule has 3 fully saturated rings. The summed E-state index contributed by atoms with van der Waals surface area (Å²) in [6, 6.07) is 0. The fourth-order valence-electron chi connectivity index (χ4n) is 3.83. The van der Waals surface area contributed by atoms with Gasteiger partial charge in [-0.1, -0.05) is 12.8 Å². The lowest BCUT2D eigenvalue weighted by Crippen LogP contribution is -2.54. The van der Waals surface area contributed by atoms with E-state index in [1.54, 1.807) is 0 Å². The summed E-state index contributed by atoms with van der Waals surface area (Å²) in [5, 5.41) is 3.40. The number of rotatable bonds is 7. The number of hydrogen-bond donors (Lipinski definition) is 1. The van der Waals surface area contributed by atoms with Crippen LogP contribution in [0.25, 0.3) is 0 Å². The number of guanidine groups is 1. The smallest absolute Gasteiger partial charge is 0.236 e. The zero-order chi connectivity index (χ0) is 18.9. The molecule has 162 valence electrons. The maximum absolute atomic E-state index is 12.6. The van der Waals surface area contributed by atoms with Crippen LogP contribution in [0.1, 0.15) is 38.5 Å². The van der Waals surface area contributed by atoms with Crippen molar-refractivity contribution in [1.82, 2.24) is 20.0 Å². The van der Waals surface area contributed by atoms with Crippen LogP contribution in [0.15, 0.2) is 4.99 Å². The van der Waals surface area contributed by atoms with E-state index in [4.69, 9.17) is 4.74 Å². The summed E-state index contributed by atoms with van der Waals surface area (Å²) >= 11 is 0. The zero-order valence-electron chi connectivity index (χ0n) is 17.4. The van der Waals surface area contributed by atoms with Crippen molar-refractivity contribution in [3.8, 4) is 0 Å². The van der Waals surface area contributed by atoms with Crippen molar-refractivity contribution in [2.45, 2.75) is 38.5 Å². The average molecular weight is 507 g/mol. The highest BCUT2D eigenvalue weighted by Crippen LogP contribution is 2.28. The molecule has 0 spiro atoms. The number of amides is 1. The van der Waals surface area contributed by atoms with Crippen LogP contribution in [0.4, 0.5) is 0 Å². The lowest BCUT2D eigenvalue weighted by atomic mass is 10.2. The molecule has 1 saturated carbocycles. The molecular weight excluding hydrogens is 469 g/mol. The second kappa shape index (κ2) is 12.8. The van der Waals surface area contributed by atoms with Gasteiger partial charge in [-0.15, -0.1) is 24.0 Å². The number of nitrogens with one attached hydrogen (secondary N) is 1. The molecule has 1 aliphatic carbocycles. The van der Waals surface area contributed by atoms with Crippen molar-refractivity contribution in [3.05, 3.63) is 0 Å². The van der Waals surface area contributed by atoms with E-state index in [1.165, 1.54) is 25.7 Å². The molecule has 0 atom stereocenters. The number of halogens is 1. The molecule has 0 aromatic rings. The molecule has 28 heavy (non-hydrogen) atoms. The first-order valence-electron chi connectivity index (χ1n) is 10.8. The third-order valence-electron chi connectivity index (χ3n) is 5.78. The average Bonchev–Trinajstić information content (AvgIpc) is 3.52. The molecule has 8 heteroatoms. The fraction of sp³-hybridized carbons (Fsp3) is 0.900. The van der Waals surface area contributed by atoms with E-state index in [1.807, 2.05) is 7.05 Å². The number of carbonyl (C=O) groups is 1. The molecule has 0 aromatic heterocycles. The van der Waals surface area contributed by atoms with Gasteiger partial charge in [-0.25, -0.2) is 0 Å². The number of ether oxygens (including phenoxy) is 1. The summed E-state index contributed by atoms with van der Waals surface area (Å²) in [7, 11) is 1.84. The largest absolute Gasteiger partial charge is 0.379 e. The van der Waals surface area contributed by atoms with E-state index in [2.05, 4.69) is 25.0 Å². The third-order valence-corrected chi connectivity index (χ3v) is 5.78. The Balaban J connectivity index is 0.00000280. The number of likely N-dealkylation sites (tertiary alicyclic amines) is 1. The molecular formula is C20H38IN5O2. The van der Waals surface area contributed by atoms with Crippen molar-refractivity contribution < 1.29 is 9.53 Å². The predicted octanol–water partition coefficient (Wildman–Crippen LogP) is 1.63. The Labute approximate surface area is 187 Å². The second-order valence-electron chi connectivity index (χ2n) is 8.05. The molecule has 0 radical (unpaired) electrons. The van der Waals surface area contributed by atoms with Gasteiger partial charge < -0.3 is 19.9 Å². The summed E-state index contributed by atoms with van der Waals surface area (Å²) in [5.41, 5.74) is 0. The Hall–Kier alpha value is -0.610. The summed E-state index contributed by atoms with van der Waals surface area (Å²) in [6.07, 6.45) is 7.51. The van der Waals surface area contributed by atoms with Gasteiger partial charge in [0.25, 0.3) is 0 Å². The Kier molecular flexibility index (Phi) is 10.9. The third kappa shape index (κ3) is 8.02. The minimum Gasteiger partial charge on any atom is -0.379 e. The highest BCUT2D eigenvalue weighted by molar-refractivity contribution is 14.0. The first-order chi connectivity index (χ1) is 13.3. The van der Waals surface area contributed by atoms with Crippen molar-refractivity contribution in [2.24, 2.45) is 10.9 Å². The minimum atomic E-state index is 0. The van der Waals surface area contributed by atoms with Gasteiger partial charge in [0.1, 0.15) is 0 Å². The Morgan fingerprint density at radius 3 is 2.29 bits per heavy atom.